The standard InChI is InChI=1S/C23H23N3O2.2ClH/c27-22(19-15-23(19)9-12-24-13-10-23)26-16-4-3-5-17(14-16)28-21-8-11-25-20-7-2-1-6-18(20)21;;/h1-8,11,14,19,24H,9-10,12-13,15H2,(H,26,27);2*1H. The van der Waals surface area contributed by atoms with Crippen LogP contribution in [0.5, 0.6) is 11.5 Å². The first kappa shape index (κ1) is 22.3. The molecule has 30 heavy (non-hydrogen) atoms. The Morgan fingerprint density at radius 3 is 2.70 bits per heavy atom. The normalized spacial score (nSPS) is 18.7. The molecular formula is C23H25Cl2N3O2. The van der Waals surface area contributed by atoms with E-state index in [9.17, 15) is 4.79 Å². The largest absolute Gasteiger partial charge is 0.457 e. The van der Waals surface area contributed by atoms with Crippen LogP contribution in [0.4, 0.5) is 5.69 Å². The van der Waals surface area contributed by atoms with Gasteiger partial charge in [0.15, 0.2) is 0 Å². The van der Waals surface area contributed by atoms with E-state index in [1.54, 1.807) is 6.20 Å². The van der Waals surface area contributed by atoms with Gasteiger partial charge >= 0.3 is 0 Å². The Balaban J connectivity index is 0.00000128. The van der Waals surface area contributed by atoms with Gasteiger partial charge in [0.05, 0.1) is 5.52 Å². The molecule has 1 aliphatic carbocycles. The molecule has 1 aromatic heterocycles. The number of benzene rings is 2. The van der Waals surface area contributed by atoms with E-state index in [0.717, 1.165) is 54.7 Å². The lowest BCUT2D eigenvalue weighted by atomic mass is 9.92. The van der Waals surface area contributed by atoms with Crippen molar-refractivity contribution in [3.05, 3.63) is 60.8 Å². The van der Waals surface area contributed by atoms with Crippen molar-refractivity contribution < 1.29 is 9.53 Å². The van der Waals surface area contributed by atoms with Crippen molar-refractivity contribution in [1.29, 1.82) is 0 Å². The van der Waals surface area contributed by atoms with Crippen LogP contribution >= 0.6 is 24.8 Å². The molecule has 2 aromatic carbocycles. The van der Waals surface area contributed by atoms with Crippen molar-refractivity contribution in [3.8, 4) is 11.5 Å². The highest BCUT2D eigenvalue weighted by molar-refractivity contribution is 5.95. The molecule has 1 atom stereocenters. The summed E-state index contributed by atoms with van der Waals surface area (Å²) >= 11 is 0. The number of hydrogen-bond donors (Lipinski definition) is 2. The SMILES string of the molecule is Cl.Cl.O=C(Nc1cccc(Oc2ccnc3ccccc23)c1)C1CC12CCNCC2. The second kappa shape index (κ2) is 9.21. The number of hydrogen-bond acceptors (Lipinski definition) is 4. The Bertz CT molecular complexity index is 1030. The van der Waals surface area contributed by atoms with Crippen molar-refractivity contribution >= 4 is 47.3 Å². The first-order valence-electron chi connectivity index (χ1n) is 9.87. The van der Waals surface area contributed by atoms with Gasteiger partial charge in [-0.25, -0.2) is 0 Å². The monoisotopic (exact) mass is 445 g/mol. The van der Waals surface area contributed by atoms with Crippen LogP contribution in [0.25, 0.3) is 10.9 Å². The minimum atomic E-state index is 0. The number of para-hydroxylation sites is 1. The maximum absolute atomic E-state index is 12.7. The molecule has 158 valence electrons. The minimum Gasteiger partial charge on any atom is -0.457 e. The van der Waals surface area contributed by atoms with Gasteiger partial charge in [-0.2, -0.15) is 0 Å². The topological polar surface area (TPSA) is 63.2 Å². The highest BCUT2D eigenvalue weighted by Crippen LogP contribution is 2.58. The lowest BCUT2D eigenvalue weighted by Crippen LogP contribution is -2.31. The quantitative estimate of drug-likeness (QED) is 0.579. The fraction of sp³-hybridized carbons (Fsp3) is 0.304. The van der Waals surface area contributed by atoms with E-state index in [1.165, 1.54) is 0 Å². The zero-order chi connectivity index (χ0) is 19.0. The van der Waals surface area contributed by atoms with Gasteiger partial charge in [0.2, 0.25) is 5.91 Å². The molecule has 1 amide bonds. The van der Waals surface area contributed by atoms with Gasteiger partial charge in [-0.3, -0.25) is 9.78 Å². The van der Waals surface area contributed by atoms with Gasteiger partial charge in [0.25, 0.3) is 0 Å². The zero-order valence-electron chi connectivity index (χ0n) is 16.5. The molecule has 2 heterocycles. The Morgan fingerprint density at radius 2 is 1.87 bits per heavy atom. The molecule has 0 bridgehead atoms. The molecule has 0 radical (unpaired) electrons. The smallest absolute Gasteiger partial charge is 0.228 e. The van der Waals surface area contributed by atoms with E-state index in [1.807, 2.05) is 54.6 Å². The van der Waals surface area contributed by atoms with Crippen LogP contribution in [0.1, 0.15) is 19.3 Å². The molecule has 3 aromatic rings. The zero-order valence-corrected chi connectivity index (χ0v) is 18.1. The van der Waals surface area contributed by atoms with Gasteiger partial charge in [0, 0.05) is 29.3 Å². The number of ether oxygens (including phenoxy) is 1. The average Bonchev–Trinajstić information content (AvgIpc) is 3.42. The van der Waals surface area contributed by atoms with E-state index in [0.29, 0.717) is 5.75 Å². The van der Waals surface area contributed by atoms with E-state index in [-0.39, 0.29) is 42.1 Å². The minimum absolute atomic E-state index is 0. The first-order chi connectivity index (χ1) is 13.7. The summed E-state index contributed by atoms with van der Waals surface area (Å²) in [4.78, 5) is 17.1. The number of nitrogens with zero attached hydrogens (tertiary/aromatic N) is 1. The maximum atomic E-state index is 12.7. The van der Waals surface area contributed by atoms with Crippen LogP contribution in [0.3, 0.4) is 0 Å². The highest BCUT2D eigenvalue weighted by Gasteiger charge is 2.57. The number of anilines is 1. The second-order valence-corrected chi connectivity index (χ2v) is 7.81. The van der Waals surface area contributed by atoms with Crippen LogP contribution < -0.4 is 15.4 Å². The molecule has 5 rings (SSSR count). The van der Waals surface area contributed by atoms with E-state index in [4.69, 9.17) is 4.74 Å². The maximum Gasteiger partial charge on any atom is 0.228 e. The number of piperidine rings is 1. The van der Waals surface area contributed by atoms with Crippen molar-refractivity contribution in [2.45, 2.75) is 19.3 Å². The second-order valence-electron chi connectivity index (χ2n) is 7.81. The number of halogens is 2. The summed E-state index contributed by atoms with van der Waals surface area (Å²) in [5.41, 5.74) is 1.90. The number of rotatable bonds is 4. The summed E-state index contributed by atoms with van der Waals surface area (Å²) in [5, 5.41) is 7.43. The molecule has 1 saturated carbocycles. The number of amides is 1. The Hall–Kier alpha value is -2.34. The molecule has 2 aliphatic rings. The molecule has 5 nitrogen and oxygen atoms in total. The van der Waals surface area contributed by atoms with Crippen molar-refractivity contribution in [2.24, 2.45) is 11.3 Å². The van der Waals surface area contributed by atoms with E-state index in [2.05, 4.69) is 15.6 Å². The molecule has 1 spiro atoms. The Morgan fingerprint density at radius 1 is 1.07 bits per heavy atom. The third-order valence-electron chi connectivity index (χ3n) is 6.04. The predicted octanol–water partition coefficient (Wildman–Crippen LogP) is 5.20. The lowest BCUT2D eigenvalue weighted by Gasteiger charge is -2.23. The molecule has 1 aliphatic heterocycles. The lowest BCUT2D eigenvalue weighted by molar-refractivity contribution is -0.118. The predicted molar refractivity (Wildman–Crippen MR) is 124 cm³/mol. The first-order valence-corrected chi connectivity index (χ1v) is 9.87. The molecule has 2 fully saturated rings. The fourth-order valence-corrected chi connectivity index (χ4v) is 4.35. The van der Waals surface area contributed by atoms with Gasteiger partial charge in [-0.15, -0.1) is 24.8 Å². The molecule has 7 heteroatoms. The van der Waals surface area contributed by atoms with Crippen LogP contribution in [-0.4, -0.2) is 24.0 Å². The Kier molecular flexibility index (Phi) is 6.86. The van der Waals surface area contributed by atoms with Gasteiger partial charge < -0.3 is 15.4 Å². The number of aromatic nitrogens is 1. The van der Waals surface area contributed by atoms with Crippen molar-refractivity contribution in [2.75, 3.05) is 18.4 Å². The molecular weight excluding hydrogens is 421 g/mol. The molecule has 2 N–H and O–H groups in total. The number of carbonyl (C=O) groups excluding carboxylic acids is 1. The summed E-state index contributed by atoms with van der Waals surface area (Å²) < 4.78 is 6.10. The number of carbonyl (C=O) groups is 1. The summed E-state index contributed by atoms with van der Waals surface area (Å²) in [6, 6.07) is 17.3. The van der Waals surface area contributed by atoms with Crippen LogP contribution in [-0.2, 0) is 4.79 Å². The number of pyridine rings is 1. The number of nitrogens with one attached hydrogen (secondary N) is 2. The van der Waals surface area contributed by atoms with Gasteiger partial charge in [-0.05, 0) is 68.1 Å². The van der Waals surface area contributed by atoms with Crippen molar-refractivity contribution in [1.82, 2.24) is 10.3 Å². The summed E-state index contributed by atoms with van der Waals surface area (Å²) in [6.07, 6.45) is 4.96. The third kappa shape index (κ3) is 4.38. The van der Waals surface area contributed by atoms with E-state index >= 15 is 0 Å². The van der Waals surface area contributed by atoms with Crippen LogP contribution in [0.2, 0.25) is 0 Å². The van der Waals surface area contributed by atoms with Gasteiger partial charge in [-0.1, -0.05) is 18.2 Å². The van der Waals surface area contributed by atoms with Crippen LogP contribution in [0.15, 0.2) is 60.8 Å². The molecule has 1 unspecified atom stereocenters. The van der Waals surface area contributed by atoms with Crippen LogP contribution in [0, 0.1) is 11.3 Å². The Labute approximate surface area is 188 Å². The summed E-state index contributed by atoms with van der Waals surface area (Å²) in [5.74, 6) is 1.73. The third-order valence-corrected chi connectivity index (χ3v) is 6.04. The van der Waals surface area contributed by atoms with E-state index < -0.39 is 0 Å². The van der Waals surface area contributed by atoms with Crippen molar-refractivity contribution in [3.63, 3.8) is 0 Å². The molecule has 1 saturated heterocycles. The fourth-order valence-electron chi connectivity index (χ4n) is 4.35. The number of fused-ring (bicyclic) bond motifs is 1. The summed E-state index contributed by atoms with van der Waals surface area (Å²) in [7, 11) is 0. The highest BCUT2D eigenvalue weighted by atomic mass is 35.5. The van der Waals surface area contributed by atoms with Gasteiger partial charge in [0.1, 0.15) is 11.5 Å². The average molecular weight is 446 g/mol. The summed E-state index contributed by atoms with van der Waals surface area (Å²) in [6.45, 7) is 2.04.